The molecule has 8 rings (SSSR count). The summed E-state index contributed by atoms with van der Waals surface area (Å²) in [6.07, 6.45) is 5.08. The minimum Gasteiger partial charge on any atom is -0.481 e. The van der Waals surface area contributed by atoms with Crippen LogP contribution in [0.2, 0.25) is 0 Å². The van der Waals surface area contributed by atoms with E-state index in [4.69, 9.17) is 50.5 Å². The van der Waals surface area contributed by atoms with E-state index in [9.17, 15) is 15.0 Å². The highest BCUT2D eigenvalue weighted by molar-refractivity contribution is 7.80. The Morgan fingerprint density at radius 2 is 0.435 bits per heavy atom. The fourth-order valence-electron chi connectivity index (χ4n) is 17.5. The summed E-state index contributed by atoms with van der Waals surface area (Å²) in [6.45, 7) is 72.7. The Bertz CT molecular complexity index is 4510. The van der Waals surface area contributed by atoms with Crippen LogP contribution in [0.25, 0.3) is 44.5 Å². The van der Waals surface area contributed by atoms with Gasteiger partial charge in [-0.15, -0.1) is 50.5 Å². The van der Waals surface area contributed by atoms with E-state index in [1.807, 2.05) is 0 Å². The van der Waals surface area contributed by atoms with Crippen molar-refractivity contribution in [3.63, 3.8) is 0 Å². The molecule has 8 aromatic rings. The fraction of sp³-hybridized carbons (Fsp3) is 0.500. The summed E-state index contributed by atoms with van der Waals surface area (Å²) >= 11 is 20.7. The number of carboxylic acid groups (broad SMARTS) is 2. The van der Waals surface area contributed by atoms with Crippen molar-refractivity contribution in [3.05, 3.63) is 208 Å². The van der Waals surface area contributed by atoms with Gasteiger partial charge in [-0.25, -0.2) is 0 Å². The van der Waals surface area contributed by atoms with Gasteiger partial charge in [-0.3, -0.25) is 9.59 Å². The number of aliphatic carboxylic acids is 2. The molecule has 0 amide bonds. The maximum absolute atomic E-state index is 18.3. The molecule has 0 atom stereocenters. The fourth-order valence-corrected chi connectivity index (χ4v) is 19.9. The number of hydrogen-bond donors (Lipinski definition) is 6. The Morgan fingerprint density at radius 3 is 0.648 bits per heavy atom. The molecule has 0 saturated carbocycles. The molecule has 0 radical (unpaired) electrons. The van der Waals surface area contributed by atoms with E-state index >= 15 is 4.79 Å². The average Bonchev–Trinajstić information content (AvgIpc) is 0.668. The molecule has 8 aromatic carbocycles. The minimum absolute atomic E-state index is 0.129. The first-order valence-corrected chi connectivity index (χ1v) is 41.5. The predicted molar refractivity (Wildman–Crippen MR) is 478 cm³/mol. The highest BCUT2D eigenvalue weighted by atomic mass is 32.1. The smallest absolute Gasteiger partial charge is 0.319 e. The number of benzene rings is 8. The zero-order chi connectivity index (χ0) is 81.6. The van der Waals surface area contributed by atoms with Crippen molar-refractivity contribution in [3.8, 4) is 44.5 Å². The molecule has 0 aliphatic heterocycles. The lowest BCUT2D eigenvalue weighted by Crippen LogP contribution is -2.59. The number of carbonyl (C=O) groups is 2. The molecule has 0 spiro atoms. The zero-order valence-corrected chi connectivity index (χ0v) is 76.0. The quantitative estimate of drug-likeness (QED) is 0.0360. The molecule has 0 heterocycles. The number of rotatable bonds is 19. The van der Waals surface area contributed by atoms with Gasteiger partial charge in [-0.05, 0) is 316 Å². The molecule has 4 nitrogen and oxygen atoms in total. The third kappa shape index (κ3) is 17.5. The van der Waals surface area contributed by atoms with Gasteiger partial charge in [0.05, 0.1) is 0 Å². The molecule has 8 heteroatoms. The molecule has 0 aliphatic carbocycles. The molecular formula is C100H134O4S4. The maximum atomic E-state index is 18.3. The molecule has 0 saturated heterocycles. The summed E-state index contributed by atoms with van der Waals surface area (Å²) in [6, 6.07) is 37.8. The van der Waals surface area contributed by atoms with Crippen molar-refractivity contribution in [1.29, 1.82) is 0 Å². The Morgan fingerprint density at radius 1 is 0.250 bits per heavy atom. The van der Waals surface area contributed by atoms with Gasteiger partial charge in [0.1, 0.15) is 5.41 Å². The van der Waals surface area contributed by atoms with E-state index in [-0.39, 0.29) is 28.1 Å². The molecule has 0 unspecified atom stereocenters. The van der Waals surface area contributed by atoms with Crippen LogP contribution < -0.4 is 0 Å². The Kier molecular flexibility index (Phi) is 25.4. The van der Waals surface area contributed by atoms with E-state index in [0.29, 0.717) is 19.3 Å². The van der Waals surface area contributed by atoms with Crippen LogP contribution in [-0.4, -0.2) is 22.2 Å². The predicted octanol–water partition coefficient (Wildman–Crippen LogP) is 28.9. The van der Waals surface area contributed by atoms with Crippen molar-refractivity contribution in [2.45, 2.75) is 347 Å². The molecule has 2 N–H and O–H groups in total. The number of hydrogen-bond acceptors (Lipinski definition) is 6. The number of unbranched alkanes of at least 4 members (excludes halogenated alkanes) is 5. The monoisotopic (exact) mass is 1530 g/mol. The highest BCUT2D eigenvalue weighted by Crippen LogP contribution is 2.64. The van der Waals surface area contributed by atoms with Gasteiger partial charge < -0.3 is 10.2 Å². The molecule has 0 fully saturated rings. The van der Waals surface area contributed by atoms with E-state index < -0.39 is 44.4 Å². The van der Waals surface area contributed by atoms with Gasteiger partial charge >= 0.3 is 11.9 Å². The second-order valence-electron chi connectivity index (χ2n) is 40.6. The standard InChI is InChI=1S/C100H134O4S4/c1-57-41-77(73(91(9,10)11)49-65(57)69-53-81(95(21,22)23)85(105)45-61(69)5)99(40-38-36-34-33-35-37-39-89(101)102,78-42-58(2)66(50-74(78)92(12,13)14)70-54-82(96(24,25)26)86(106)46-62(70)6)100(90(103)104,79-43-59(3)67(51-75(79)93(15,16)17)71-55-83(97(27,28)29)87(107)47-63(71)7)80-44-60(4)68(52-76(80)94(18,19)20)72-56-84(98(30,31)32)88(108)48-64(72)8/h41-56,105-108H,33-40H2,1-32H3,(H,101,102)(H,103,104). The van der Waals surface area contributed by atoms with Gasteiger partial charge in [0.25, 0.3) is 0 Å². The minimum atomic E-state index is -1.98. The first-order chi connectivity index (χ1) is 49.2. The van der Waals surface area contributed by atoms with E-state index in [2.05, 4.69) is 319 Å². The molecule has 0 aromatic heterocycles. The van der Waals surface area contributed by atoms with E-state index in [1.54, 1.807) is 0 Å². The van der Waals surface area contributed by atoms with Crippen molar-refractivity contribution >= 4 is 62.5 Å². The third-order valence-corrected chi connectivity index (χ3v) is 24.8. The van der Waals surface area contributed by atoms with Crippen LogP contribution in [0, 0.1) is 55.4 Å². The normalized spacial score (nSPS) is 13.3. The highest BCUT2D eigenvalue weighted by Gasteiger charge is 2.65. The van der Waals surface area contributed by atoms with Crippen LogP contribution in [0.5, 0.6) is 0 Å². The lowest BCUT2D eigenvalue weighted by molar-refractivity contribution is -0.145. The molecule has 0 aliphatic rings. The molecule has 582 valence electrons. The topological polar surface area (TPSA) is 74.6 Å². The van der Waals surface area contributed by atoms with Gasteiger partial charge in [0.2, 0.25) is 0 Å². The largest absolute Gasteiger partial charge is 0.481 e. The van der Waals surface area contributed by atoms with Crippen molar-refractivity contribution in [1.82, 2.24) is 0 Å². The second kappa shape index (κ2) is 31.2. The zero-order valence-electron chi connectivity index (χ0n) is 72.4. The van der Waals surface area contributed by atoms with Gasteiger partial charge in [0.15, 0.2) is 0 Å². The Hall–Kier alpha value is -5.90. The lowest BCUT2D eigenvalue weighted by atomic mass is 9.45. The summed E-state index contributed by atoms with van der Waals surface area (Å²) < 4.78 is 0. The van der Waals surface area contributed by atoms with Crippen LogP contribution in [0.4, 0.5) is 0 Å². The van der Waals surface area contributed by atoms with Gasteiger partial charge in [0, 0.05) is 31.4 Å². The molecule has 108 heavy (non-hydrogen) atoms. The van der Waals surface area contributed by atoms with Gasteiger partial charge in [-0.1, -0.05) is 247 Å². The van der Waals surface area contributed by atoms with Crippen molar-refractivity contribution in [2.75, 3.05) is 0 Å². The summed E-state index contributed by atoms with van der Waals surface area (Å²) in [4.78, 5) is 34.1. The number of aryl methyl sites for hydroxylation is 8. The van der Waals surface area contributed by atoms with Crippen molar-refractivity contribution < 1.29 is 19.8 Å². The number of thiol groups is 4. The molecule has 0 bridgehead atoms. The van der Waals surface area contributed by atoms with Crippen LogP contribution in [0.3, 0.4) is 0 Å². The maximum Gasteiger partial charge on any atom is 0.319 e. The second-order valence-corrected chi connectivity index (χ2v) is 42.5. The van der Waals surface area contributed by atoms with Crippen LogP contribution >= 0.6 is 50.5 Å². The third-order valence-electron chi connectivity index (χ3n) is 23.3. The summed E-state index contributed by atoms with van der Waals surface area (Å²) in [5.74, 6) is -1.70. The summed E-state index contributed by atoms with van der Waals surface area (Å²) in [7, 11) is 0. The SMILES string of the molecule is Cc1cc(S)c(C(C)(C)C)cc1-c1cc(C(C)(C)C)c(C(CCCCCCCCC(=O)O)(c2cc(C)c(-c3cc(C(C)(C)C)c(S)cc3C)cc2C(C)(C)C)C(C(=O)O)(c2cc(C)c(-c3cc(C(C)(C)C)c(S)cc3C)cc2C(C)(C)C)c2cc(C)c(-c3cc(C(C)(C)C)c(S)cc3C)cc2C(C)(C)C)cc1C. The van der Waals surface area contributed by atoms with E-state index in [1.165, 1.54) is 0 Å². The Balaban J connectivity index is 1.84. The first-order valence-electron chi connectivity index (χ1n) is 39.7. The van der Waals surface area contributed by atoms with Gasteiger partial charge in [-0.2, -0.15) is 0 Å². The van der Waals surface area contributed by atoms with Crippen LogP contribution in [0.1, 0.15) is 329 Å². The number of carboxylic acids is 2. The average molecular weight is 1530 g/mol. The van der Waals surface area contributed by atoms with Crippen LogP contribution in [0.15, 0.2) is 117 Å². The summed E-state index contributed by atoms with van der Waals surface area (Å²) in [5, 5.41) is 24.8. The first kappa shape index (κ1) is 87.7. The van der Waals surface area contributed by atoms with E-state index in [0.717, 1.165) is 201 Å². The van der Waals surface area contributed by atoms with Crippen molar-refractivity contribution in [2.24, 2.45) is 0 Å². The Labute approximate surface area is 676 Å². The molecular weight excluding hydrogens is 1390 g/mol. The summed E-state index contributed by atoms with van der Waals surface area (Å²) in [5.41, 5.74) is 22.7. The lowest BCUT2D eigenvalue weighted by Gasteiger charge is -2.55. The van der Waals surface area contributed by atoms with Crippen LogP contribution in [-0.2, 0) is 63.7 Å².